The van der Waals surface area contributed by atoms with Crippen LogP contribution >= 0.6 is 11.6 Å². The Morgan fingerprint density at radius 2 is 1.73 bits per heavy atom. The number of amides is 1. The first-order chi connectivity index (χ1) is 19.3. The fourth-order valence-corrected chi connectivity index (χ4v) is 5.14. The van der Waals surface area contributed by atoms with Crippen molar-refractivity contribution in [1.29, 1.82) is 0 Å². The Labute approximate surface area is 238 Å². The molecule has 2 fully saturated rings. The van der Waals surface area contributed by atoms with Crippen LogP contribution in [0.15, 0.2) is 66.7 Å². The molecule has 5 rings (SSSR count). The van der Waals surface area contributed by atoms with E-state index < -0.39 is 30.5 Å². The molecule has 3 aromatic rings. The highest BCUT2D eigenvalue weighted by molar-refractivity contribution is 6.31. The highest BCUT2D eigenvalue weighted by atomic mass is 35.5. The molecule has 0 aromatic heterocycles. The van der Waals surface area contributed by atoms with E-state index in [0.29, 0.717) is 34.9 Å². The number of hydrogen-bond acceptors (Lipinski definition) is 7. The van der Waals surface area contributed by atoms with Crippen LogP contribution in [-0.2, 0) is 11.2 Å². The number of aliphatic hydroxyl groups is 3. The summed E-state index contributed by atoms with van der Waals surface area (Å²) >= 11 is 6.50. The van der Waals surface area contributed by atoms with Crippen LogP contribution in [0.3, 0.4) is 0 Å². The molecule has 9 heteroatoms. The summed E-state index contributed by atoms with van der Waals surface area (Å²) < 4.78 is 17.5. The smallest absolute Gasteiger partial charge is 0.253 e. The molecule has 2 aliphatic rings. The minimum Gasteiger partial charge on any atom is -0.494 e. The Morgan fingerprint density at radius 3 is 2.42 bits per heavy atom. The minimum absolute atomic E-state index is 0.0481. The monoisotopic (exact) mass is 567 g/mol. The number of carbonyl (C=O) groups is 1. The van der Waals surface area contributed by atoms with Gasteiger partial charge >= 0.3 is 0 Å². The van der Waals surface area contributed by atoms with Gasteiger partial charge in [0.2, 0.25) is 0 Å². The lowest BCUT2D eigenvalue weighted by Gasteiger charge is -2.40. The third-order valence-electron chi connectivity index (χ3n) is 7.38. The predicted octanol–water partition coefficient (Wildman–Crippen LogP) is 3.78. The van der Waals surface area contributed by atoms with Gasteiger partial charge in [-0.3, -0.25) is 4.79 Å². The number of rotatable bonds is 9. The van der Waals surface area contributed by atoms with Crippen LogP contribution in [0, 0.1) is 0 Å². The Balaban J connectivity index is 1.28. The number of benzene rings is 3. The van der Waals surface area contributed by atoms with Gasteiger partial charge in [-0.05, 0) is 72.9 Å². The van der Waals surface area contributed by atoms with Gasteiger partial charge in [0.15, 0.2) is 0 Å². The summed E-state index contributed by atoms with van der Waals surface area (Å²) in [6.07, 6.45) is -4.46. The van der Waals surface area contributed by atoms with E-state index >= 15 is 0 Å². The third-order valence-corrected chi connectivity index (χ3v) is 7.75. The van der Waals surface area contributed by atoms with Crippen LogP contribution < -0.4 is 9.47 Å². The SMILES string of the molecule is CCOc1ccc(Cc2cc([C@@H]3O[C@H](COc4cccc(C(=O)N5CCC5)c4)[C@@H](O)[C@H](O)[C@H]3O)ccc2Cl)cc1. The van der Waals surface area contributed by atoms with Gasteiger partial charge < -0.3 is 34.4 Å². The van der Waals surface area contributed by atoms with Gasteiger partial charge in [-0.1, -0.05) is 41.9 Å². The molecule has 0 aliphatic carbocycles. The van der Waals surface area contributed by atoms with E-state index in [1.165, 1.54) is 0 Å². The number of aliphatic hydroxyl groups excluding tert-OH is 3. The number of ether oxygens (including phenoxy) is 3. The number of hydrogen-bond donors (Lipinski definition) is 3. The molecule has 0 spiro atoms. The number of halogens is 1. The van der Waals surface area contributed by atoms with Crippen molar-refractivity contribution in [1.82, 2.24) is 4.90 Å². The Morgan fingerprint density at radius 1 is 0.950 bits per heavy atom. The number of likely N-dealkylation sites (tertiary alicyclic amines) is 1. The summed E-state index contributed by atoms with van der Waals surface area (Å²) in [4.78, 5) is 14.3. The molecule has 3 aromatic carbocycles. The zero-order chi connectivity index (χ0) is 28.2. The van der Waals surface area contributed by atoms with Crippen molar-refractivity contribution in [3.8, 4) is 11.5 Å². The molecule has 0 saturated carbocycles. The number of nitrogens with zero attached hydrogens (tertiary/aromatic N) is 1. The van der Waals surface area contributed by atoms with Gasteiger partial charge in [-0.15, -0.1) is 0 Å². The van der Waals surface area contributed by atoms with Gasteiger partial charge in [-0.25, -0.2) is 0 Å². The van der Waals surface area contributed by atoms with Crippen molar-refractivity contribution in [2.45, 2.75) is 50.3 Å². The van der Waals surface area contributed by atoms with E-state index in [4.69, 9.17) is 25.8 Å². The second kappa shape index (κ2) is 12.6. The van der Waals surface area contributed by atoms with Gasteiger partial charge in [0.1, 0.15) is 48.6 Å². The van der Waals surface area contributed by atoms with Crippen molar-refractivity contribution in [3.63, 3.8) is 0 Å². The maximum Gasteiger partial charge on any atom is 0.253 e. The van der Waals surface area contributed by atoms with Gasteiger partial charge in [0, 0.05) is 23.7 Å². The van der Waals surface area contributed by atoms with Crippen LogP contribution in [-0.4, -0.2) is 76.8 Å². The van der Waals surface area contributed by atoms with Crippen molar-refractivity contribution in [2.24, 2.45) is 0 Å². The van der Waals surface area contributed by atoms with Crippen molar-refractivity contribution < 1.29 is 34.3 Å². The molecular weight excluding hydrogens is 534 g/mol. The van der Waals surface area contributed by atoms with Crippen molar-refractivity contribution >= 4 is 17.5 Å². The highest BCUT2D eigenvalue weighted by Crippen LogP contribution is 2.35. The zero-order valence-electron chi connectivity index (χ0n) is 22.3. The Hall–Kier alpha value is -3.14. The van der Waals surface area contributed by atoms with E-state index in [1.807, 2.05) is 37.3 Å². The molecule has 8 nitrogen and oxygen atoms in total. The molecule has 2 heterocycles. The summed E-state index contributed by atoms with van der Waals surface area (Å²) in [6, 6.07) is 19.9. The highest BCUT2D eigenvalue weighted by Gasteiger charge is 2.44. The lowest BCUT2D eigenvalue weighted by atomic mass is 9.90. The summed E-state index contributed by atoms with van der Waals surface area (Å²) in [7, 11) is 0. The van der Waals surface area contributed by atoms with Crippen molar-refractivity contribution in [2.75, 3.05) is 26.3 Å². The number of carbonyl (C=O) groups excluding carboxylic acids is 1. The van der Waals surface area contributed by atoms with Crippen LogP contribution in [0.4, 0.5) is 0 Å². The van der Waals surface area contributed by atoms with E-state index in [0.717, 1.165) is 36.4 Å². The summed E-state index contributed by atoms with van der Waals surface area (Å²) in [5.74, 6) is 1.19. The van der Waals surface area contributed by atoms with E-state index in [-0.39, 0.29) is 12.5 Å². The molecule has 3 N–H and O–H groups in total. The molecule has 40 heavy (non-hydrogen) atoms. The van der Waals surface area contributed by atoms with E-state index in [2.05, 4.69) is 0 Å². The summed E-state index contributed by atoms with van der Waals surface area (Å²) in [5.41, 5.74) is 3.01. The predicted molar refractivity (Wildman–Crippen MR) is 150 cm³/mol. The largest absolute Gasteiger partial charge is 0.494 e. The van der Waals surface area contributed by atoms with E-state index in [9.17, 15) is 20.1 Å². The fourth-order valence-electron chi connectivity index (χ4n) is 4.96. The topological polar surface area (TPSA) is 109 Å². The first kappa shape index (κ1) is 28.4. The molecule has 2 saturated heterocycles. The third kappa shape index (κ3) is 6.27. The Bertz CT molecular complexity index is 1310. The molecule has 5 atom stereocenters. The molecule has 0 radical (unpaired) electrons. The molecule has 1 amide bonds. The molecule has 0 unspecified atom stereocenters. The van der Waals surface area contributed by atoms with Gasteiger partial charge in [0.25, 0.3) is 5.91 Å². The second-order valence-electron chi connectivity index (χ2n) is 10.2. The van der Waals surface area contributed by atoms with Gasteiger partial charge in [-0.2, -0.15) is 0 Å². The van der Waals surface area contributed by atoms with Crippen LogP contribution in [0.25, 0.3) is 0 Å². The molecule has 2 aliphatic heterocycles. The maximum absolute atomic E-state index is 12.6. The fraction of sp³-hybridized carbons (Fsp3) is 0.387. The average Bonchev–Trinajstić information content (AvgIpc) is 2.93. The normalized spacial score (nSPS) is 24.3. The molecular formula is C31H34ClNO7. The Kier molecular flexibility index (Phi) is 8.93. The van der Waals surface area contributed by atoms with E-state index in [1.54, 1.807) is 41.3 Å². The first-order valence-electron chi connectivity index (χ1n) is 13.6. The quantitative estimate of drug-likeness (QED) is 0.361. The molecule has 0 bridgehead atoms. The van der Waals surface area contributed by atoms with Crippen LogP contribution in [0.1, 0.15) is 46.5 Å². The lowest BCUT2D eigenvalue weighted by Crippen LogP contribution is -2.55. The zero-order valence-corrected chi connectivity index (χ0v) is 23.0. The average molecular weight is 568 g/mol. The second-order valence-corrected chi connectivity index (χ2v) is 10.6. The standard InChI is InChI=1S/C31H34ClNO7/c1-2-38-23-10-7-19(8-11-23)15-22-16-20(9-12-25(22)32)30-29(36)28(35)27(34)26(40-30)18-39-24-6-3-5-21(17-24)31(37)33-13-4-14-33/h3,5-12,16-17,26-30,34-36H,2,4,13-15,18H2,1H3/t26-,27-,28+,29-,30+/m1/s1. The van der Waals surface area contributed by atoms with Crippen LogP contribution in [0.5, 0.6) is 11.5 Å². The summed E-state index contributed by atoms with van der Waals surface area (Å²) in [6.45, 7) is 3.94. The first-order valence-corrected chi connectivity index (χ1v) is 13.9. The lowest BCUT2D eigenvalue weighted by molar-refractivity contribution is -0.230. The molecule has 212 valence electrons. The van der Waals surface area contributed by atoms with Crippen LogP contribution in [0.2, 0.25) is 5.02 Å². The van der Waals surface area contributed by atoms with Gasteiger partial charge in [0.05, 0.1) is 6.61 Å². The summed E-state index contributed by atoms with van der Waals surface area (Å²) in [5, 5.41) is 32.7. The minimum atomic E-state index is -1.45. The maximum atomic E-state index is 12.6. The van der Waals surface area contributed by atoms with Crippen molar-refractivity contribution in [3.05, 3.63) is 94.0 Å².